The van der Waals surface area contributed by atoms with Crippen molar-refractivity contribution in [1.29, 1.82) is 0 Å². The maximum Gasteiger partial charge on any atom is 0.265 e. The molecule has 0 saturated heterocycles. The van der Waals surface area contributed by atoms with Crippen LogP contribution in [0.4, 0.5) is 0 Å². The number of rotatable bonds is 4. The molecule has 0 spiro atoms. The van der Waals surface area contributed by atoms with E-state index in [1.807, 2.05) is 18.2 Å². The van der Waals surface area contributed by atoms with Crippen LogP contribution in [0, 0.1) is 0 Å². The van der Waals surface area contributed by atoms with Crippen LogP contribution in [0.25, 0.3) is 10.8 Å². The van der Waals surface area contributed by atoms with Crippen LogP contribution in [-0.2, 0) is 0 Å². The van der Waals surface area contributed by atoms with Crippen molar-refractivity contribution in [3.05, 3.63) is 42.0 Å². The average molecular weight is 246 g/mol. The van der Waals surface area contributed by atoms with Crippen LogP contribution in [0.15, 0.2) is 36.4 Å². The maximum absolute atomic E-state index is 11.4. The topological polar surface area (TPSA) is 84.6 Å². The predicted octanol–water partition coefficient (Wildman–Crippen LogP) is 0.814. The Kier molecular flexibility index (Phi) is 3.76. The summed E-state index contributed by atoms with van der Waals surface area (Å²) in [5, 5.41) is 10.6. The third kappa shape index (κ3) is 2.58. The quantitative estimate of drug-likeness (QED) is 0.423. The molecule has 4 N–H and O–H groups in total. The number of nitrogen functional groups attached to an aromatic ring is 1. The molecule has 0 unspecified atom stereocenters. The Morgan fingerprint density at radius 3 is 2.67 bits per heavy atom. The summed E-state index contributed by atoms with van der Waals surface area (Å²) in [5.41, 5.74) is 2.60. The van der Waals surface area contributed by atoms with Gasteiger partial charge in [-0.05, 0) is 35.0 Å². The molecule has 2 aromatic rings. The number of aliphatic hydroxyl groups excluding tert-OH is 1. The summed E-state index contributed by atoms with van der Waals surface area (Å²) in [6.07, 6.45) is 0. The molecule has 0 saturated carbocycles. The van der Waals surface area contributed by atoms with Gasteiger partial charge in [0.15, 0.2) is 0 Å². The third-order valence-corrected chi connectivity index (χ3v) is 2.57. The Morgan fingerprint density at radius 2 is 1.94 bits per heavy atom. The van der Waals surface area contributed by atoms with E-state index in [1.165, 1.54) is 0 Å². The second-order valence-electron chi connectivity index (χ2n) is 3.77. The lowest BCUT2D eigenvalue weighted by Crippen LogP contribution is -2.29. The van der Waals surface area contributed by atoms with Crippen molar-refractivity contribution in [3.8, 4) is 5.75 Å². The number of fused-ring (bicyclic) bond motifs is 1. The highest BCUT2D eigenvalue weighted by atomic mass is 16.5. The molecule has 94 valence electrons. The van der Waals surface area contributed by atoms with Gasteiger partial charge < -0.3 is 9.84 Å². The largest absolute Gasteiger partial charge is 0.491 e. The lowest BCUT2D eigenvalue weighted by atomic mass is 10.1. The maximum atomic E-state index is 11.4. The molecule has 0 radical (unpaired) electrons. The standard InChI is InChI=1S/C13H14N2O3/c14-15-13(17)11-2-1-10-8-12(18-6-5-16)4-3-9(10)7-11/h1-4,7-8,16H,5-6,14H2,(H,15,17). The van der Waals surface area contributed by atoms with E-state index in [4.69, 9.17) is 15.7 Å². The van der Waals surface area contributed by atoms with Gasteiger partial charge >= 0.3 is 0 Å². The molecule has 0 heterocycles. The lowest BCUT2D eigenvalue weighted by molar-refractivity contribution is 0.0954. The van der Waals surface area contributed by atoms with E-state index >= 15 is 0 Å². The van der Waals surface area contributed by atoms with Crippen LogP contribution in [0.2, 0.25) is 0 Å². The summed E-state index contributed by atoms with van der Waals surface area (Å²) in [5.74, 6) is 5.45. The first-order valence-electron chi connectivity index (χ1n) is 5.53. The predicted molar refractivity (Wildman–Crippen MR) is 68.2 cm³/mol. The number of amides is 1. The first kappa shape index (κ1) is 12.3. The molecular formula is C13H14N2O3. The van der Waals surface area contributed by atoms with Gasteiger partial charge in [0.05, 0.1) is 6.61 Å². The first-order valence-corrected chi connectivity index (χ1v) is 5.53. The van der Waals surface area contributed by atoms with Crippen LogP contribution in [-0.4, -0.2) is 24.2 Å². The van der Waals surface area contributed by atoms with Crippen LogP contribution < -0.4 is 16.0 Å². The number of benzene rings is 2. The molecule has 2 rings (SSSR count). The number of carbonyl (C=O) groups is 1. The first-order chi connectivity index (χ1) is 8.74. The fourth-order valence-electron chi connectivity index (χ4n) is 1.70. The molecule has 0 bridgehead atoms. The summed E-state index contributed by atoms with van der Waals surface area (Å²) in [6, 6.07) is 10.8. The summed E-state index contributed by atoms with van der Waals surface area (Å²) in [6.45, 7) is 0.243. The number of hydrogen-bond acceptors (Lipinski definition) is 4. The highest BCUT2D eigenvalue weighted by molar-refractivity contribution is 5.98. The molecule has 5 nitrogen and oxygen atoms in total. The normalized spacial score (nSPS) is 10.3. The van der Waals surface area contributed by atoms with Gasteiger partial charge in [-0.15, -0.1) is 0 Å². The molecule has 0 fully saturated rings. The molecule has 0 aliphatic heterocycles. The van der Waals surface area contributed by atoms with Crippen LogP contribution in [0.1, 0.15) is 10.4 Å². The molecule has 5 heteroatoms. The van der Waals surface area contributed by atoms with Crippen molar-refractivity contribution in [2.24, 2.45) is 5.84 Å². The Labute approximate surface area is 104 Å². The van der Waals surface area contributed by atoms with Crippen molar-refractivity contribution in [3.63, 3.8) is 0 Å². The van der Waals surface area contributed by atoms with E-state index in [2.05, 4.69) is 5.43 Å². The summed E-state index contributed by atoms with van der Waals surface area (Å²) in [4.78, 5) is 11.4. The van der Waals surface area contributed by atoms with Crippen LogP contribution in [0.5, 0.6) is 5.75 Å². The minimum atomic E-state index is -0.322. The summed E-state index contributed by atoms with van der Waals surface area (Å²) < 4.78 is 5.31. The van der Waals surface area contributed by atoms with Crippen molar-refractivity contribution in [1.82, 2.24) is 5.43 Å². The molecular weight excluding hydrogens is 232 g/mol. The molecule has 2 aromatic carbocycles. The van der Waals surface area contributed by atoms with Gasteiger partial charge in [-0.25, -0.2) is 5.84 Å². The van der Waals surface area contributed by atoms with Crippen LogP contribution >= 0.6 is 0 Å². The van der Waals surface area contributed by atoms with Gasteiger partial charge in [0.25, 0.3) is 5.91 Å². The second-order valence-corrected chi connectivity index (χ2v) is 3.77. The van der Waals surface area contributed by atoms with Gasteiger partial charge in [-0.2, -0.15) is 0 Å². The molecule has 1 amide bonds. The number of ether oxygens (including phenoxy) is 1. The van der Waals surface area contributed by atoms with Crippen molar-refractivity contribution in [2.75, 3.05) is 13.2 Å². The zero-order valence-electron chi connectivity index (χ0n) is 9.72. The number of carbonyl (C=O) groups excluding carboxylic acids is 1. The average Bonchev–Trinajstić information content (AvgIpc) is 2.43. The second kappa shape index (κ2) is 5.48. The van der Waals surface area contributed by atoms with E-state index in [0.717, 1.165) is 10.8 Å². The van der Waals surface area contributed by atoms with Crippen molar-refractivity contribution >= 4 is 16.7 Å². The van der Waals surface area contributed by atoms with Crippen LogP contribution in [0.3, 0.4) is 0 Å². The molecule has 0 aliphatic rings. The summed E-state index contributed by atoms with van der Waals surface area (Å²) in [7, 11) is 0. The Morgan fingerprint density at radius 1 is 1.22 bits per heavy atom. The fraction of sp³-hybridized carbons (Fsp3) is 0.154. The minimum Gasteiger partial charge on any atom is -0.491 e. The molecule has 0 atom stereocenters. The number of nitrogens with two attached hydrogens (primary N) is 1. The van der Waals surface area contributed by atoms with Gasteiger partial charge in [0.1, 0.15) is 12.4 Å². The highest BCUT2D eigenvalue weighted by Gasteiger charge is 2.04. The smallest absolute Gasteiger partial charge is 0.265 e. The Hall–Kier alpha value is -2.11. The minimum absolute atomic E-state index is 0.0202. The van der Waals surface area contributed by atoms with Crippen molar-refractivity contribution < 1.29 is 14.6 Å². The number of hydrazine groups is 1. The number of aliphatic hydroxyl groups is 1. The Balaban J connectivity index is 2.33. The van der Waals surface area contributed by atoms with E-state index in [1.54, 1.807) is 18.2 Å². The number of hydrogen-bond donors (Lipinski definition) is 3. The highest BCUT2D eigenvalue weighted by Crippen LogP contribution is 2.22. The third-order valence-electron chi connectivity index (χ3n) is 2.57. The van der Waals surface area contributed by atoms with Gasteiger partial charge in [0, 0.05) is 5.56 Å². The molecule has 0 aromatic heterocycles. The van der Waals surface area contributed by atoms with Gasteiger partial charge in [0.2, 0.25) is 0 Å². The zero-order valence-corrected chi connectivity index (χ0v) is 9.72. The fourth-order valence-corrected chi connectivity index (χ4v) is 1.70. The van der Waals surface area contributed by atoms with Gasteiger partial charge in [-0.1, -0.05) is 12.1 Å². The monoisotopic (exact) mass is 246 g/mol. The SMILES string of the molecule is NNC(=O)c1ccc2cc(OCCO)ccc2c1. The molecule has 0 aliphatic carbocycles. The van der Waals surface area contributed by atoms with E-state index in [0.29, 0.717) is 11.3 Å². The van der Waals surface area contributed by atoms with E-state index in [9.17, 15) is 4.79 Å². The Bertz CT molecular complexity index is 569. The zero-order chi connectivity index (χ0) is 13.0. The van der Waals surface area contributed by atoms with E-state index in [-0.39, 0.29) is 19.1 Å². The lowest BCUT2D eigenvalue weighted by Gasteiger charge is -2.06. The van der Waals surface area contributed by atoms with Gasteiger partial charge in [-0.3, -0.25) is 10.2 Å². The summed E-state index contributed by atoms with van der Waals surface area (Å²) >= 11 is 0. The molecule has 18 heavy (non-hydrogen) atoms. The van der Waals surface area contributed by atoms with E-state index < -0.39 is 0 Å². The van der Waals surface area contributed by atoms with Crippen molar-refractivity contribution in [2.45, 2.75) is 0 Å². The number of nitrogens with one attached hydrogen (secondary N) is 1.